The molecule has 1 atom stereocenters. The van der Waals surface area contributed by atoms with Crippen molar-refractivity contribution in [3.05, 3.63) is 28.7 Å². The number of benzene rings is 1. The highest BCUT2D eigenvalue weighted by atomic mass is 127. The maximum atomic E-state index is 5.79. The molecule has 0 aromatic heterocycles. The van der Waals surface area contributed by atoms with Crippen LogP contribution in [0.25, 0.3) is 0 Å². The summed E-state index contributed by atoms with van der Waals surface area (Å²) < 4.78 is 12.3. The van der Waals surface area contributed by atoms with E-state index in [1.54, 1.807) is 0 Å². The van der Waals surface area contributed by atoms with Crippen molar-refractivity contribution in [3.8, 4) is 5.75 Å². The maximum Gasteiger partial charge on any atom is 0.194 e. The smallest absolute Gasteiger partial charge is 0.194 e. The molecule has 1 unspecified atom stereocenters. The first kappa shape index (κ1) is 22.7. The molecular weight excluding hydrogens is 523 g/mol. The average Bonchev–Trinajstić information content (AvgIpc) is 3.15. The molecule has 0 spiro atoms. The zero-order chi connectivity index (χ0) is 18.2. The molecule has 0 amide bonds. The summed E-state index contributed by atoms with van der Waals surface area (Å²) in [6.45, 7) is 10.1. The van der Waals surface area contributed by atoms with E-state index < -0.39 is 0 Å². The van der Waals surface area contributed by atoms with Gasteiger partial charge in [-0.25, -0.2) is 4.99 Å². The van der Waals surface area contributed by atoms with Gasteiger partial charge in [0.15, 0.2) is 5.96 Å². The lowest BCUT2D eigenvalue weighted by molar-refractivity contribution is 0.0195. The van der Waals surface area contributed by atoms with Crippen molar-refractivity contribution in [2.45, 2.75) is 19.4 Å². The fraction of sp³-hybridized carbons (Fsp3) is 0.632. The first-order chi connectivity index (χ1) is 12.8. The first-order valence-electron chi connectivity index (χ1n) is 9.49. The van der Waals surface area contributed by atoms with Crippen molar-refractivity contribution in [3.63, 3.8) is 0 Å². The molecule has 1 aromatic rings. The third kappa shape index (κ3) is 7.07. The summed E-state index contributed by atoms with van der Waals surface area (Å²) in [6.07, 6.45) is 1.19. The molecule has 8 heteroatoms. The molecule has 1 N–H and O–H groups in total. The molecule has 2 fully saturated rings. The lowest BCUT2D eigenvalue weighted by atomic mass is 10.2. The number of halogens is 2. The summed E-state index contributed by atoms with van der Waals surface area (Å²) in [7, 11) is 0. The number of aliphatic imine (C=N–C) groups is 1. The molecule has 0 aliphatic carbocycles. The minimum atomic E-state index is 0. The van der Waals surface area contributed by atoms with Gasteiger partial charge in [0.05, 0.1) is 19.8 Å². The zero-order valence-corrected chi connectivity index (χ0v) is 19.8. The molecule has 2 saturated heterocycles. The Balaban J connectivity index is 0.00000261. The van der Waals surface area contributed by atoms with Crippen molar-refractivity contribution < 1.29 is 9.47 Å². The van der Waals surface area contributed by atoms with E-state index in [-0.39, 0.29) is 24.0 Å². The van der Waals surface area contributed by atoms with Crippen molar-refractivity contribution in [1.82, 2.24) is 15.1 Å². The van der Waals surface area contributed by atoms with Gasteiger partial charge < -0.3 is 19.7 Å². The first-order valence-corrected chi connectivity index (χ1v) is 10.3. The Bertz CT molecular complexity index is 599. The molecule has 0 saturated carbocycles. The number of hydrogen-bond acceptors (Lipinski definition) is 4. The Morgan fingerprint density at radius 2 is 2.15 bits per heavy atom. The largest absolute Gasteiger partial charge is 0.492 e. The number of nitrogens with one attached hydrogen (secondary N) is 1. The molecule has 2 aliphatic rings. The number of rotatable bonds is 6. The highest BCUT2D eigenvalue weighted by Crippen LogP contribution is 2.18. The van der Waals surface area contributed by atoms with Crippen LogP contribution in [-0.4, -0.2) is 80.9 Å². The van der Waals surface area contributed by atoms with E-state index in [1.165, 1.54) is 6.42 Å². The van der Waals surface area contributed by atoms with Gasteiger partial charge in [-0.3, -0.25) is 4.90 Å². The van der Waals surface area contributed by atoms with E-state index >= 15 is 0 Å². The quantitative estimate of drug-likeness (QED) is 0.254. The summed E-state index contributed by atoms with van der Waals surface area (Å²) >= 11 is 3.46. The van der Waals surface area contributed by atoms with Crippen LogP contribution in [0.5, 0.6) is 5.75 Å². The highest BCUT2D eigenvalue weighted by Gasteiger charge is 2.30. The Kier molecular flexibility index (Phi) is 10.2. The topological polar surface area (TPSA) is 49.3 Å². The minimum Gasteiger partial charge on any atom is -0.492 e. The number of nitrogens with zero attached hydrogens (tertiary/aromatic N) is 3. The van der Waals surface area contributed by atoms with Crippen molar-refractivity contribution in [1.29, 1.82) is 0 Å². The monoisotopic (exact) mass is 552 g/mol. The van der Waals surface area contributed by atoms with Crippen molar-refractivity contribution in [2.75, 3.05) is 59.1 Å². The van der Waals surface area contributed by atoms with Crippen LogP contribution in [0, 0.1) is 0 Å². The van der Waals surface area contributed by atoms with Crippen LogP contribution in [0.4, 0.5) is 0 Å². The van der Waals surface area contributed by atoms with Gasteiger partial charge in [-0.1, -0.05) is 22.0 Å². The Hall–Kier alpha value is -0.580. The van der Waals surface area contributed by atoms with Crippen LogP contribution in [0.3, 0.4) is 0 Å². The molecule has 0 radical (unpaired) electrons. The molecule has 6 nitrogen and oxygen atoms in total. The second-order valence-corrected chi connectivity index (χ2v) is 7.49. The molecule has 2 heterocycles. The molecular formula is C19H30BrIN4O2. The Labute approximate surface area is 187 Å². The Morgan fingerprint density at radius 3 is 2.89 bits per heavy atom. The summed E-state index contributed by atoms with van der Waals surface area (Å²) in [5, 5.41) is 3.43. The molecule has 3 rings (SSSR count). The molecule has 0 bridgehead atoms. The van der Waals surface area contributed by atoms with E-state index in [4.69, 9.17) is 14.5 Å². The lowest BCUT2D eigenvalue weighted by Gasteiger charge is -2.32. The normalized spacial score (nSPS) is 21.0. The average molecular weight is 553 g/mol. The van der Waals surface area contributed by atoms with E-state index in [0.717, 1.165) is 62.1 Å². The third-order valence-electron chi connectivity index (χ3n) is 4.78. The predicted octanol–water partition coefficient (Wildman–Crippen LogP) is 2.82. The second kappa shape index (κ2) is 12.1. The van der Waals surface area contributed by atoms with Crippen molar-refractivity contribution in [2.24, 2.45) is 4.99 Å². The van der Waals surface area contributed by atoms with Crippen LogP contribution in [0.15, 0.2) is 33.7 Å². The predicted molar refractivity (Wildman–Crippen MR) is 123 cm³/mol. The fourth-order valence-corrected chi connectivity index (χ4v) is 3.85. The van der Waals surface area contributed by atoms with Gasteiger partial charge in [-0.15, -0.1) is 24.0 Å². The van der Waals surface area contributed by atoms with Crippen molar-refractivity contribution >= 4 is 45.9 Å². The number of guanidine groups is 1. The van der Waals surface area contributed by atoms with Crippen LogP contribution in [0.2, 0.25) is 0 Å². The van der Waals surface area contributed by atoms with Crippen LogP contribution in [0.1, 0.15) is 13.3 Å². The van der Waals surface area contributed by atoms with Gasteiger partial charge in [0.2, 0.25) is 0 Å². The molecule has 1 aromatic carbocycles. The second-order valence-electron chi connectivity index (χ2n) is 6.58. The van der Waals surface area contributed by atoms with Gasteiger partial charge in [0.25, 0.3) is 0 Å². The number of hydrogen-bond donors (Lipinski definition) is 1. The summed E-state index contributed by atoms with van der Waals surface area (Å²) in [4.78, 5) is 9.70. The van der Waals surface area contributed by atoms with Crippen LogP contribution < -0.4 is 10.1 Å². The fourth-order valence-electron chi connectivity index (χ4n) is 3.47. The number of likely N-dealkylation sites (tertiary alicyclic amines) is 1. The minimum absolute atomic E-state index is 0. The van der Waals surface area contributed by atoms with Gasteiger partial charge in [0.1, 0.15) is 12.4 Å². The van der Waals surface area contributed by atoms with E-state index in [0.29, 0.717) is 19.2 Å². The van der Waals surface area contributed by atoms with E-state index in [9.17, 15) is 0 Å². The Morgan fingerprint density at radius 1 is 1.33 bits per heavy atom. The SMILES string of the molecule is CCNC(=NCCOc1cccc(Br)c1)N1CCC(N2CCOCC2)C1.I. The lowest BCUT2D eigenvalue weighted by Crippen LogP contribution is -2.46. The third-order valence-corrected chi connectivity index (χ3v) is 5.27. The summed E-state index contributed by atoms with van der Waals surface area (Å²) in [5.74, 6) is 1.87. The van der Waals surface area contributed by atoms with Gasteiger partial charge in [-0.05, 0) is 31.5 Å². The summed E-state index contributed by atoms with van der Waals surface area (Å²) in [5.41, 5.74) is 0. The van der Waals surface area contributed by atoms with Crippen LogP contribution in [-0.2, 0) is 4.74 Å². The highest BCUT2D eigenvalue weighted by molar-refractivity contribution is 14.0. The number of ether oxygens (including phenoxy) is 2. The summed E-state index contributed by atoms with van der Waals surface area (Å²) in [6, 6.07) is 8.52. The molecule has 27 heavy (non-hydrogen) atoms. The van der Waals surface area contributed by atoms with Gasteiger partial charge in [0, 0.05) is 43.2 Å². The number of morpholine rings is 1. The molecule has 152 valence electrons. The van der Waals surface area contributed by atoms with Gasteiger partial charge >= 0.3 is 0 Å². The standard InChI is InChI=1S/C19H29BrN4O2.HI/c1-2-21-19(22-7-11-26-18-5-3-4-16(20)14-18)24-8-6-17(15-24)23-9-12-25-13-10-23;/h3-5,14,17H,2,6-13,15H2,1H3,(H,21,22);1H. The maximum absolute atomic E-state index is 5.79. The van der Waals surface area contributed by atoms with Gasteiger partial charge in [-0.2, -0.15) is 0 Å². The van der Waals surface area contributed by atoms with Crippen LogP contribution >= 0.6 is 39.9 Å². The van der Waals surface area contributed by atoms with E-state index in [1.807, 2.05) is 24.3 Å². The van der Waals surface area contributed by atoms with E-state index in [2.05, 4.69) is 38.0 Å². The molecule has 2 aliphatic heterocycles. The zero-order valence-electron chi connectivity index (χ0n) is 15.9.